The fourth-order valence-corrected chi connectivity index (χ4v) is 3.51. The fraction of sp³-hybridized carbons (Fsp3) is 0.250. The van der Waals surface area contributed by atoms with Crippen LogP contribution in [0.25, 0.3) is 10.9 Å². The lowest BCUT2D eigenvalue weighted by Gasteiger charge is -2.35. The van der Waals surface area contributed by atoms with Crippen molar-refractivity contribution in [1.29, 1.82) is 0 Å². The molecule has 0 saturated carbocycles. The molecule has 1 aliphatic heterocycles. The Hall–Kier alpha value is -2.70. The summed E-state index contributed by atoms with van der Waals surface area (Å²) in [4.78, 5) is 6.31. The molecule has 1 aromatic heterocycles. The number of benzene rings is 2. The average molecular weight is 354 g/mol. The SMILES string of the molecule is Oc1cccc(C(c2ccc3cccnc3c2O)N2CCOCC2)c1F. The van der Waals surface area contributed by atoms with Crippen LogP contribution in [0.15, 0.2) is 48.7 Å². The van der Waals surface area contributed by atoms with Crippen LogP contribution in [0.3, 0.4) is 0 Å². The Labute approximate surface area is 150 Å². The largest absolute Gasteiger partial charge is 0.505 e. The molecule has 26 heavy (non-hydrogen) atoms. The van der Waals surface area contributed by atoms with Gasteiger partial charge >= 0.3 is 0 Å². The highest BCUT2D eigenvalue weighted by Crippen LogP contribution is 2.40. The third kappa shape index (κ3) is 2.87. The molecule has 2 heterocycles. The summed E-state index contributed by atoms with van der Waals surface area (Å²) in [6, 6.07) is 11.3. The van der Waals surface area contributed by atoms with Gasteiger partial charge in [-0.15, -0.1) is 0 Å². The summed E-state index contributed by atoms with van der Waals surface area (Å²) in [5.74, 6) is -1.05. The van der Waals surface area contributed by atoms with Gasteiger partial charge in [0.1, 0.15) is 11.3 Å². The number of morpholine rings is 1. The van der Waals surface area contributed by atoms with Crippen molar-refractivity contribution in [3.8, 4) is 11.5 Å². The number of phenolic OH excluding ortho intramolecular Hbond substituents is 2. The van der Waals surface area contributed by atoms with Gasteiger partial charge < -0.3 is 14.9 Å². The van der Waals surface area contributed by atoms with Gasteiger partial charge in [-0.2, -0.15) is 0 Å². The van der Waals surface area contributed by atoms with E-state index >= 15 is 0 Å². The molecule has 4 rings (SSSR count). The van der Waals surface area contributed by atoms with Gasteiger partial charge in [0.15, 0.2) is 11.6 Å². The normalized spacial score (nSPS) is 16.7. The van der Waals surface area contributed by atoms with Gasteiger partial charge in [0.2, 0.25) is 0 Å². The van der Waals surface area contributed by atoms with E-state index in [-0.39, 0.29) is 5.75 Å². The van der Waals surface area contributed by atoms with E-state index in [1.165, 1.54) is 6.07 Å². The number of halogens is 1. The van der Waals surface area contributed by atoms with Crippen molar-refractivity contribution < 1.29 is 19.3 Å². The van der Waals surface area contributed by atoms with E-state index < -0.39 is 17.6 Å². The molecule has 0 spiro atoms. The quantitative estimate of drug-likeness (QED) is 0.756. The molecule has 1 atom stereocenters. The van der Waals surface area contributed by atoms with Gasteiger partial charge in [0.05, 0.1) is 19.3 Å². The molecule has 6 heteroatoms. The van der Waals surface area contributed by atoms with E-state index in [2.05, 4.69) is 4.98 Å². The van der Waals surface area contributed by atoms with Crippen molar-refractivity contribution in [3.63, 3.8) is 0 Å². The Morgan fingerprint density at radius 2 is 1.81 bits per heavy atom. The number of hydrogen-bond donors (Lipinski definition) is 2. The van der Waals surface area contributed by atoms with E-state index in [0.717, 1.165) is 5.39 Å². The van der Waals surface area contributed by atoms with Gasteiger partial charge in [-0.25, -0.2) is 4.39 Å². The predicted molar refractivity (Wildman–Crippen MR) is 95.7 cm³/mol. The minimum Gasteiger partial charge on any atom is -0.505 e. The third-order valence-corrected chi connectivity index (χ3v) is 4.79. The predicted octanol–water partition coefficient (Wildman–Crippen LogP) is 3.21. The van der Waals surface area contributed by atoms with Crippen LogP contribution in [0.2, 0.25) is 0 Å². The number of phenols is 2. The molecule has 3 aromatic rings. The summed E-state index contributed by atoms with van der Waals surface area (Å²) < 4.78 is 20.1. The molecule has 1 aliphatic rings. The van der Waals surface area contributed by atoms with E-state index in [1.807, 2.05) is 17.0 Å². The lowest BCUT2D eigenvalue weighted by molar-refractivity contribution is 0.0229. The number of aromatic nitrogens is 1. The van der Waals surface area contributed by atoms with Crippen LogP contribution >= 0.6 is 0 Å². The summed E-state index contributed by atoms with van der Waals surface area (Å²) in [5, 5.41) is 21.5. The van der Waals surface area contributed by atoms with Crippen LogP contribution in [0, 0.1) is 5.82 Å². The molecular formula is C20H19FN2O3. The highest BCUT2D eigenvalue weighted by Gasteiger charge is 2.30. The number of nitrogens with zero attached hydrogens (tertiary/aromatic N) is 2. The first-order valence-electron chi connectivity index (χ1n) is 8.52. The maximum Gasteiger partial charge on any atom is 0.169 e. The minimum absolute atomic E-state index is 0.0299. The molecule has 134 valence electrons. The second-order valence-electron chi connectivity index (χ2n) is 6.31. The van der Waals surface area contributed by atoms with E-state index in [9.17, 15) is 14.6 Å². The van der Waals surface area contributed by atoms with Crippen LogP contribution in [0.4, 0.5) is 4.39 Å². The molecule has 0 radical (unpaired) electrons. The van der Waals surface area contributed by atoms with Crippen molar-refractivity contribution in [2.45, 2.75) is 6.04 Å². The summed E-state index contributed by atoms with van der Waals surface area (Å²) in [6.07, 6.45) is 1.62. The van der Waals surface area contributed by atoms with Crippen LogP contribution in [-0.2, 0) is 4.74 Å². The van der Waals surface area contributed by atoms with Crippen molar-refractivity contribution in [3.05, 3.63) is 65.6 Å². The summed E-state index contributed by atoms with van der Waals surface area (Å²) in [7, 11) is 0. The number of fused-ring (bicyclic) bond motifs is 1. The highest BCUT2D eigenvalue weighted by atomic mass is 19.1. The van der Waals surface area contributed by atoms with Crippen molar-refractivity contribution >= 4 is 10.9 Å². The minimum atomic E-state index is -0.676. The molecule has 2 N–H and O–H groups in total. The number of hydrogen-bond acceptors (Lipinski definition) is 5. The van der Waals surface area contributed by atoms with Crippen molar-refractivity contribution in [2.75, 3.05) is 26.3 Å². The zero-order valence-electron chi connectivity index (χ0n) is 14.1. The first kappa shape index (κ1) is 16.8. The van der Waals surface area contributed by atoms with E-state index in [4.69, 9.17) is 4.74 Å². The zero-order valence-corrected chi connectivity index (χ0v) is 14.1. The zero-order chi connectivity index (χ0) is 18.1. The molecule has 2 aromatic carbocycles. The van der Waals surface area contributed by atoms with Crippen LogP contribution < -0.4 is 0 Å². The third-order valence-electron chi connectivity index (χ3n) is 4.79. The van der Waals surface area contributed by atoms with E-state index in [0.29, 0.717) is 42.9 Å². The van der Waals surface area contributed by atoms with Crippen molar-refractivity contribution in [2.24, 2.45) is 0 Å². The molecule has 0 bridgehead atoms. The smallest absolute Gasteiger partial charge is 0.169 e. The Morgan fingerprint density at radius 1 is 1.00 bits per heavy atom. The molecule has 1 fully saturated rings. The maximum atomic E-state index is 14.7. The Morgan fingerprint density at radius 3 is 2.62 bits per heavy atom. The number of rotatable bonds is 3. The highest BCUT2D eigenvalue weighted by molar-refractivity contribution is 5.85. The molecule has 1 unspecified atom stereocenters. The molecular weight excluding hydrogens is 335 g/mol. The Kier molecular flexibility index (Phi) is 4.44. The van der Waals surface area contributed by atoms with Crippen molar-refractivity contribution in [1.82, 2.24) is 9.88 Å². The van der Waals surface area contributed by atoms with Gasteiger partial charge in [-0.1, -0.05) is 30.3 Å². The molecule has 0 amide bonds. The molecule has 5 nitrogen and oxygen atoms in total. The summed E-state index contributed by atoms with van der Waals surface area (Å²) in [6.45, 7) is 2.26. The van der Waals surface area contributed by atoms with Crippen LogP contribution in [0.5, 0.6) is 11.5 Å². The number of ether oxygens (including phenoxy) is 1. The summed E-state index contributed by atoms with van der Waals surface area (Å²) in [5.41, 5.74) is 1.35. The lowest BCUT2D eigenvalue weighted by Crippen LogP contribution is -2.39. The maximum absolute atomic E-state index is 14.7. The molecule has 0 aliphatic carbocycles. The topological polar surface area (TPSA) is 65.8 Å². The van der Waals surface area contributed by atoms with Crippen LogP contribution in [-0.4, -0.2) is 46.4 Å². The number of aromatic hydroxyl groups is 2. The van der Waals surface area contributed by atoms with Gasteiger partial charge in [0, 0.05) is 35.8 Å². The first-order valence-corrected chi connectivity index (χ1v) is 8.52. The van der Waals surface area contributed by atoms with E-state index in [1.54, 1.807) is 30.5 Å². The molecule has 1 saturated heterocycles. The summed E-state index contributed by atoms with van der Waals surface area (Å²) >= 11 is 0. The standard InChI is InChI=1S/C20H19FN2O3/c21-17-14(4-1-5-16(17)24)19(23-9-11-26-12-10-23)15-7-6-13-3-2-8-22-18(13)20(15)25/h1-8,19,24-25H,9-12H2. The fourth-order valence-electron chi connectivity index (χ4n) is 3.51. The number of pyridine rings is 1. The monoisotopic (exact) mass is 354 g/mol. The first-order chi connectivity index (χ1) is 12.7. The second kappa shape index (κ2) is 6.90. The Bertz CT molecular complexity index is 941. The van der Waals surface area contributed by atoms with Gasteiger partial charge in [0.25, 0.3) is 0 Å². The Balaban J connectivity index is 1.90. The lowest BCUT2D eigenvalue weighted by atomic mass is 9.94. The average Bonchev–Trinajstić information content (AvgIpc) is 2.68. The van der Waals surface area contributed by atoms with Crippen LogP contribution in [0.1, 0.15) is 17.2 Å². The second-order valence-corrected chi connectivity index (χ2v) is 6.31. The van der Waals surface area contributed by atoms with Gasteiger partial charge in [-0.05, 0) is 12.1 Å². The van der Waals surface area contributed by atoms with Gasteiger partial charge in [-0.3, -0.25) is 9.88 Å².